The highest BCUT2D eigenvalue weighted by Crippen LogP contribution is 2.37. The molecule has 9 heteroatoms. The predicted molar refractivity (Wildman–Crippen MR) is 145 cm³/mol. The largest absolute Gasteiger partial charge is 0.377 e. The van der Waals surface area contributed by atoms with Crippen molar-refractivity contribution in [2.75, 3.05) is 10.6 Å². The lowest BCUT2D eigenvalue weighted by Crippen LogP contribution is -2.15. The third kappa shape index (κ3) is 4.95. The molecule has 0 spiro atoms. The number of aromatic amines is 1. The van der Waals surface area contributed by atoms with Gasteiger partial charge in [-0.3, -0.25) is 9.97 Å². The van der Waals surface area contributed by atoms with E-state index in [0.717, 1.165) is 12.0 Å². The molecule has 0 saturated carbocycles. The van der Waals surface area contributed by atoms with E-state index >= 15 is 0 Å². The monoisotopic (exact) mass is 509 g/mol. The van der Waals surface area contributed by atoms with E-state index < -0.39 is 6.02 Å². The molecule has 8 nitrogen and oxygen atoms in total. The van der Waals surface area contributed by atoms with Crippen molar-refractivity contribution in [1.82, 2.24) is 25.4 Å². The molecule has 0 aliphatic rings. The minimum Gasteiger partial charge on any atom is -0.377 e. The third-order valence-corrected chi connectivity index (χ3v) is 6.48. The van der Waals surface area contributed by atoms with Crippen molar-refractivity contribution in [2.45, 2.75) is 32.3 Å². The highest BCUT2D eigenvalue weighted by atomic mass is 35.5. The average Bonchev–Trinajstić information content (AvgIpc) is 3.48. The van der Waals surface area contributed by atoms with Gasteiger partial charge < -0.3 is 10.6 Å². The maximum absolute atomic E-state index is 9.93. The number of halogens is 1. The van der Waals surface area contributed by atoms with Crippen molar-refractivity contribution in [1.29, 1.82) is 5.26 Å². The number of aromatic nitrogens is 5. The number of H-pyrrole nitrogens is 1. The highest BCUT2D eigenvalue weighted by molar-refractivity contribution is 6.35. The molecule has 3 heterocycles. The molecular weight excluding hydrogens is 484 g/mol. The number of hydrogen-bond donors (Lipinski definition) is 3. The number of anilines is 2. The zero-order valence-corrected chi connectivity index (χ0v) is 21.1. The molecule has 0 saturated heterocycles. The molecule has 3 aromatic heterocycles. The Hall–Kier alpha value is -4.48. The van der Waals surface area contributed by atoms with E-state index in [1.54, 1.807) is 18.3 Å². The van der Waals surface area contributed by atoms with E-state index in [0.29, 0.717) is 49.8 Å². The number of rotatable bonds is 8. The maximum atomic E-state index is 9.93. The summed E-state index contributed by atoms with van der Waals surface area (Å²) in [5.74, 6) is 0. The molecule has 2 unspecified atom stereocenters. The normalized spacial score (nSPS) is 13.8. The smallest absolute Gasteiger partial charge is 0.109 e. The van der Waals surface area contributed by atoms with Crippen molar-refractivity contribution in [2.24, 2.45) is 0 Å². The van der Waals surface area contributed by atoms with Crippen molar-refractivity contribution >= 4 is 33.9 Å². The lowest BCUT2D eigenvalue weighted by Gasteiger charge is -2.23. The molecule has 2 atom stereocenters. The second-order valence-electron chi connectivity index (χ2n) is 8.52. The minimum absolute atomic E-state index is 0.0345. The molecule has 3 N–H and O–H groups in total. The van der Waals surface area contributed by atoms with E-state index in [1.165, 1.54) is 12.4 Å². The summed E-state index contributed by atoms with van der Waals surface area (Å²) in [7, 11) is 0. The van der Waals surface area contributed by atoms with Gasteiger partial charge in [0, 0.05) is 34.7 Å². The predicted octanol–water partition coefficient (Wildman–Crippen LogP) is 6.35. The Labute approximate surface area is 221 Å². The van der Waals surface area contributed by atoms with Gasteiger partial charge in [-0.15, -0.1) is 0 Å². The Morgan fingerprint density at radius 1 is 1.11 bits per heavy atom. The van der Waals surface area contributed by atoms with E-state index in [9.17, 15) is 6.63 Å². The molecule has 0 aliphatic heterocycles. The first-order valence-electron chi connectivity index (χ1n) is 12.3. The van der Waals surface area contributed by atoms with Crippen LogP contribution in [0.15, 0.2) is 73.2 Å². The summed E-state index contributed by atoms with van der Waals surface area (Å²) in [6, 6.07) is 17.9. The molecule has 5 rings (SSSR count). The van der Waals surface area contributed by atoms with Crippen LogP contribution in [0.5, 0.6) is 0 Å². The van der Waals surface area contributed by atoms with Gasteiger partial charge in [0.25, 0.3) is 0 Å². The summed E-state index contributed by atoms with van der Waals surface area (Å²) >= 11 is 6.73. The van der Waals surface area contributed by atoms with Gasteiger partial charge in [0.15, 0.2) is 0 Å². The molecule has 0 fully saturated rings. The van der Waals surface area contributed by atoms with Crippen molar-refractivity contribution in [3.63, 3.8) is 0 Å². The molecule has 5 aromatic rings. The third-order valence-electron chi connectivity index (χ3n) is 6.19. The fourth-order valence-electron chi connectivity index (χ4n) is 4.34. The number of nitriles is 1. The van der Waals surface area contributed by atoms with Crippen LogP contribution in [0, 0.1) is 18.3 Å². The van der Waals surface area contributed by atoms with Gasteiger partial charge in [0.05, 0.1) is 41.4 Å². The molecule has 37 heavy (non-hydrogen) atoms. The minimum atomic E-state index is -1.52. The van der Waals surface area contributed by atoms with Crippen molar-refractivity contribution < 1.29 is 1.37 Å². The van der Waals surface area contributed by atoms with Crippen LogP contribution >= 0.6 is 11.6 Å². The lowest BCUT2D eigenvalue weighted by atomic mass is 10.0. The van der Waals surface area contributed by atoms with Gasteiger partial charge in [-0.25, -0.2) is 0 Å². The number of benzene rings is 2. The summed E-state index contributed by atoms with van der Waals surface area (Å²) in [5, 5.41) is 28.6. The number of nitrogens with one attached hydrogen (secondary N) is 3. The van der Waals surface area contributed by atoms with Gasteiger partial charge in [-0.1, -0.05) is 54.9 Å². The second kappa shape index (κ2) is 10.6. The van der Waals surface area contributed by atoms with E-state index in [1.807, 2.05) is 37.3 Å². The fraction of sp³-hybridized carbons (Fsp3) is 0.179. The number of fused-ring (bicyclic) bond motifs is 1. The Morgan fingerprint density at radius 3 is 2.65 bits per heavy atom. The SMILES string of the molecule is [2H]C(Nc1cc(Cl)c2ncc(C#N)c(NC(CC)c3ccccc3)c2c1)(c1cn[nH]n1)c1cccnc1C. The van der Waals surface area contributed by atoms with Crippen LogP contribution in [-0.4, -0.2) is 25.4 Å². The summed E-state index contributed by atoms with van der Waals surface area (Å²) in [5.41, 5.74) is 4.89. The molecule has 0 amide bonds. The molecule has 0 aliphatic carbocycles. The van der Waals surface area contributed by atoms with Crippen LogP contribution in [0.3, 0.4) is 0 Å². The van der Waals surface area contributed by atoms with Crippen molar-refractivity contribution in [3.05, 3.63) is 106 Å². The summed E-state index contributed by atoms with van der Waals surface area (Å²) in [4.78, 5) is 8.84. The number of pyridine rings is 2. The van der Waals surface area contributed by atoms with Crippen LogP contribution in [0.4, 0.5) is 11.4 Å². The summed E-state index contributed by atoms with van der Waals surface area (Å²) in [6.07, 6.45) is 5.51. The number of nitrogens with zero attached hydrogens (tertiary/aromatic N) is 5. The van der Waals surface area contributed by atoms with Gasteiger partial charge in [0.2, 0.25) is 0 Å². The quantitative estimate of drug-likeness (QED) is 0.223. The van der Waals surface area contributed by atoms with E-state index in [-0.39, 0.29) is 6.04 Å². The van der Waals surface area contributed by atoms with Gasteiger partial charge in [0.1, 0.15) is 11.8 Å². The Kier molecular flexibility index (Phi) is 6.60. The molecule has 184 valence electrons. The Balaban J connectivity index is 1.65. The zero-order chi connectivity index (χ0) is 26.7. The molecule has 2 aromatic carbocycles. The lowest BCUT2D eigenvalue weighted by molar-refractivity contribution is 0.750. The van der Waals surface area contributed by atoms with Crippen molar-refractivity contribution in [3.8, 4) is 6.07 Å². The fourth-order valence-corrected chi connectivity index (χ4v) is 4.61. The Morgan fingerprint density at radius 2 is 1.95 bits per heavy atom. The van der Waals surface area contributed by atoms with E-state index in [4.69, 9.17) is 11.6 Å². The van der Waals surface area contributed by atoms with Crippen LogP contribution in [0.25, 0.3) is 10.9 Å². The number of hydrogen-bond acceptors (Lipinski definition) is 7. The number of aryl methyl sites for hydroxylation is 1. The summed E-state index contributed by atoms with van der Waals surface area (Å²) < 4.78 is 9.46. The van der Waals surface area contributed by atoms with Gasteiger partial charge >= 0.3 is 0 Å². The topological polar surface area (TPSA) is 115 Å². The van der Waals surface area contributed by atoms with Crippen LogP contribution in [0.1, 0.15) is 54.9 Å². The van der Waals surface area contributed by atoms with Crippen LogP contribution in [-0.2, 0) is 0 Å². The zero-order valence-electron chi connectivity index (χ0n) is 21.3. The first kappa shape index (κ1) is 23.0. The van der Waals surface area contributed by atoms with Crippen LogP contribution < -0.4 is 10.6 Å². The highest BCUT2D eigenvalue weighted by Gasteiger charge is 2.22. The average molecular weight is 510 g/mol. The maximum Gasteiger partial charge on any atom is 0.109 e. The Bertz CT molecular complexity index is 1620. The van der Waals surface area contributed by atoms with Gasteiger partial charge in [-0.2, -0.15) is 20.7 Å². The second-order valence-corrected chi connectivity index (χ2v) is 8.93. The van der Waals surface area contributed by atoms with E-state index in [2.05, 4.69) is 61.1 Å². The first-order chi connectivity index (χ1) is 18.4. The van der Waals surface area contributed by atoms with Crippen LogP contribution in [0.2, 0.25) is 5.02 Å². The summed E-state index contributed by atoms with van der Waals surface area (Å²) in [6.45, 7) is 3.93. The molecule has 0 radical (unpaired) electrons. The van der Waals surface area contributed by atoms with Gasteiger partial charge in [-0.05, 0) is 37.1 Å². The molecular formula is C28H25ClN8. The standard InChI is InChI=1S/C28H25ClN8/c1-3-24(18-8-5-4-6-9-18)35-26-19(14-30)15-32-27-22(26)12-20(13-23(27)29)34-28(25-16-33-37-36-25)21-10-7-11-31-17(21)2/h4-13,15-16,24,28,34H,3H2,1-2H3,(H,32,35)(H,33,36,37)/i28D. The molecule has 0 bridgehead atoms. The first-order valence-corrected chi connectivity index (χ1v) is 12.2.